The number of sulfonamides is 1. The molecule has 3 aromatic rings. The van der Waals surface area contributed by atoms with Gasteiger partial charge in [0.15, 0.2) is 0 Å². The Morgan fingerprint density at radius 2 is 1.76 bits per heavy atom. The zero-order valence-corrected chi connectivity index (χ0v) is 16.6. The summed E-state index contributed by atoms with van der Waals surface area (Å²) in [5, 5.41) is 0. The van der Waals surface area contributed by atoms with E-state index in [1.54, 1.807) is 31.5 Å². The van der Waals surface area contributed by atoms with Crippen LogP contribution in [0.2, 0.25) is 0 Å². The standard InChI is InChI=1S/C21H19F3N2O2S/c1-14-13-25-10-9-20(14)17-6-3-5-16(11-17)15(2)26-29(27,28)19-8-4-7-18(12-19)21(22,23)24/h3-13,15,26H,1-2H3/t15-/m0/s1. The Morgan fingerprint density at radius 1 is 1.03 bits per heavy atom. The lowest BCUT2D eigenvalue weighted by atomic mass is 9.99. The van der Waals surface area contributed by atoms with Crippen molar-refractivity contribution in [3.63, 3.8) is 0 Å². The van der Waals surface area contributed by atoms with Crippen LogP contribution in [-0.2, 0) is 16.2 Å². The van der Waals surface area contributed by atoms with Crippen molar-refractivity contribution in [2.75, 3.05) is 0 Å². The summed E-state index contributed by atoms with van der Waals surface area (Å²) in [6.45, 7) is 3.57. The first kappa shape index (κ1) is 21.0. The number of nitrogens with one attached hydrogen (secondary N) is 1. The van der Waals surface area contributed by atoms with Gasteiger partial charge in [0, 0.05) is 18.4 Å². The van der Waals surface area contributed by atoms with Crippen molar-refractivity contribution in [2.24, 2.45) is 0 Å². The molecule has 29 heavy (non-hydrogen) atoms. The number of nitrogens with zero attached hydrogens (tertiary/aromatic N) is 1. The van der Waals surface area contributed by atoms with Crippen LogP contribution in [0.25, 0.3) is 11.1 Å². The molecule has 4 nitrogen and oxygen atoms in total. The van der Waals surface area contributed by atoms with Gasteiger partial charge >= 0.3 is 6.18 Å². The molecule has 1 N–H and O–H groups in total. The Balaban J connectivity index is 1.88. The molecule has 0 fully saturated rings. The number of hydrogen-bond acceptors (Lipinski definition) is 3. The first-order valence-corrected chi connectivity index (χ1v) is 10.3. The van der Waals surface area contributed by atoms with Gasteiger partial charge in [0.05, 0.1) is 10.5 Å². The van der Waals surface area contributed by atoms with Crippen LogP contribution in [0.3, 0.4) is 0 Å². The summed E-state index contributed by atoms with van der Waals surface area (Å²) < 4.78 is 66.4. The second-order valence-corrected chi connectivity index (χ2v) is 8.40. The molecule has 1 atom stereocenters. The van der Waals surface area contributed by atoms with Crippen LogP contribution in [0.15, 0.2) is 71.9 Å². The van der Waals surface area contributed by atoms with Crippen LogP contribution >= 0.6 is 0 Å². The summed E-state index contributed by atoms with van der Waals surface area (Å²) in [5.41, 5.74) is 2.52. The fourth-order valence-corrected chi connectivity index (χ4v) is 4.26. The molecular weight excluding hydrogens is 401 g/mol. The Kier molecular flexibility index (Phi) is 5.77. The number of halogens is 3. The molecule has 0 bridgehead atoms. The predicted octanol–water partition coefficient (Wildman–Crippen LogP) is 5.12. The number of hydrogen-bond donors (Lipinski definition) is 1. The van der Waals surface area contributed by atoms with Crippen molar-refractivity contribution in [1.82, 2.24) is 9.71 Å². The van der Waals surface area contributed by atoms with Gasteiger partial charge in [0.1, 0.15) is 0 Å². The number of rotatable bonds is 5. The molecule has 0 saturated carbocycles. The lowest BCUT2D eigenvalue weighted by molar-refractivity contribution is -0.137. The SMILES string of the molecule is Cc1cnccc1-c1cccc([C@H](C)NS(=O)(=O)c2cccc(C(F)(F)F)c2)c1. The van der Waals surface area contributed by atoms with Crippen LogP contribution < -0.4 is 4.72 Å². The van der Waals surface area contributed by atoms with Crippen molar-refractivity contribution in [1.29, 1.82) is 0 Å². The Morgan fingerprint density at radius 3 is 2.45 bits per heavy atom. The topological polar surface area (TPSA) is 59.1 Å². The largest absolute Gasteiger partial charge is 0.416 e. The highest BCUT2D eigenvalue weighted by molar-refractivity contribution is 7.89. The first-order chi connectivity index (χ1) is 13.6. The summed E-state index contributed by atoms with van der Waals surface area (Å²) >= 11 is 0. The second-order valence-electron chi connectivity index (χ2n) is 6.68. The summed E-state index contributed by atoms with van der Waals surface area (Å²) in [4.78, 5) is 3.63. The molecule has 152 valence electrons. The number of aryl methyl sites for hydroxylation is 1. The molecule has 0 aliphatic heterocycles. The van der Waals surface area contributed by atoms with Crippen molar-refractivity contribution in [3.05, 3.63) is 83.7 Å². The maximum atomic E-state index is 12.9. The molecule has 0 unspecified atom stereocenters. The molecule has 8 heteroatoms. The minimum atomic E-state index is -4.62. The number of aromatic nitrogens is 1. The predicted molar refractivity (Wildman–Crippen MR) is 105 cm³/mol. The van der Waals surface area contributed by atoms with E-state index in [4.69, 9.17) is 0 Å². The third-order valence-corrected chi connectivity index (χ3v) is 6.06. The van der Waals surface area contributed by atoms with Crippen LogP contribution in [0, 0.1) is 6.92 Å². The highest BCUT2D eigenvalue weighted by Crippen LogP contribution is 2.31. The average molecular weight is 420 g/mol. The molecule has 1 heterocycles. The smallest absolute Gasteiger partial charge is 0.264 e. The monoisotopic (exact) mass is 420 g/mol. The summed E-state index contributed by atoms with van der Waals surface area (Å²) in [7, 11) is -4.14. The van der Waals surface area contributed by atoms with E-state index in [2.05, 4.69) is 9.71 Å². The third-order valence-electron chi connectivity index (χ3n) is 4.52. The van der Waals surface area contributed by atoms with E-state index in [0.717, 1.165) is 34.9 Å². The molecule has 3 rings (SSSR count). The lowest BCUT2D eigenvalue weighted by Crippen LogP contribution is -2.27. The van der Waals surface area contributed by atoms with Gasteiger partial charge in [0.25, 0.3) is 0 Å². The zero-order chi connectivity index (χ0) is 21.2. The summed E-state index contributed by atoms with van der Waals surface area (Å²) in [5.74, 6) is 0. The van der Waals surface area contributed by atoms with Crippen molar-refractivity contribution in [2.45, 2.75) is 31.0 Å². The Bertz CT molecular complexity index is 1130. The first-order valence-electron chi connectivity index (χ1n) is 8.78. The maximum Gasteiger partial charge on any atom is 0.416 e. The molecule has 0 aliphatic rings. The molecule has 0 radical (unpaired) electrons. The van der Waals surface area contributed by atoms with Crippen LogP contribution in [-0.4, -0.2) is 13.4 Å². The molecule has 2 aromatic carbocycles. The van der Waals surface area contributed by atoms with Gasteiger partial charge in [-0.05, 0) is 66.4 Å². The maximum absolute atomic E-state index is 12.9. The normalized spacial score (nSPS) is 13.3. The Hall–Kier alpha value is -2.71. The van der Waals surface area contributed by atoms with Crippen molar-refractivity contribution < 1.29 is 21.6 Å². The van der Waals surface area contributed by atoms with E-state index in [0.29, 0.717) is 11.6 Å². The van der Waals surface area contributed by atoms with E-state index in [1.165, 1.54) is 0 Å². The van der Waals surface area contributed by atoms with Crippen molar-refractivity contribution in [3.8, 4) is 11.1 Å². The van der Waals surface area contributed by atoms with Crippen LogP contribution in [0.1, 0.15) is 29.7 Å². The highest BCUT2D eigenvalue weighted by atomic mass is 32.2. The van der Waals surface area contributed by atoms with Crippen LogP contribution in [0.5, 0.6) is 0 Å². The number of benzene rings is 2. The summed E-state index contributed by atoms with van der Waals surface area (Å²) in [6, 6.07) is 12.2. The lowest BCUT2D eigenvalue weighted by Gasteiger charge is -2.17. The molecule has 0 saturated heterocycles. The third kappa shape index (κ3) is 4.83. The molecular formula is C21H19F3N2O2S. The fraction of sp³-hybridized carbons (Fsp3) is 0.190. The summed E-state index contributed by atoms with van der Waals surface area (Å²) in [6.07, 6.45) is -1.20. The Labute approximate surface area is 167 Å². The van der Waals surface area contributed by atoms with Gasteiger partial charge in [-0.3, -0.25) is 4.98 Å². The molecule has 1 aromatic heterocycles. The quantitative estimate of drug-likeness (QED) is 0.624. The number of alkyl halides is 3. The average Bonchev–Trinajstić information content (AvgIpc) is 2.67. The highest BCUT2D eigenvalue weighted by Gasteiger charge is 2.32. The minimum Gasteiger partial charge on any atom is -0.264 e. The molecule has 0 amide bonds. The van der Waals surface area contributed by atoms with E-state index < -0.39 is 32.7 Å². The van der Waals surface area contributed by atoms with E-state index in [-0.39, 0.29) is 0 Å². The van der Waals surface area contributed by atoms with Gasteiger partial charge in [-0.1, -0.05) is 24.3 Å². The van der Waals surface area contributed by atoms with E-state index >= 15 is 0 Å². The number of pyridine rings is 1. The van der Waals surface area contributed by atoms with Gasteiger partial charge in [-0.2, -0.15) is 13.2 Å². The molecule has 0 spiro atoms. The van der Waals surface area contributed by atoms with E-state index in [1.807, 2.05) is 25.1 Å². The van der Waals surface area contributed by atoms with E-state index in [9.17, 15) is 21.6 Å². The second kappa shape index (κ2) is 7.96. The van der Waals surface area contributed by atoms with Gasteiger partial charge in [-0.15, -0.1) is 0 Å². The van der Waals surface area contributed by atoms with Gasteiger partial charge in [-0.25, -0.2) is 13.1 Å². The zero-order valence-electron chi connectivity index (χ0n) is 15.7. The molecule has 0 aliphatic carbocycles. The fourth-order valence-electron chi connectivity index (χ4n) is 2.98. The van der Waals surface area contributed by atoms with Crippen molar-refractivity contribution >= 4 is 10.0 Å². The van der Waals surface area contributed by atoms with Crippen LogP contribution in [0.4, 0.5) is 13.2 Å². The van der Waals surface area contributed by atoms with Gasteiger partial charge in [0.2, 0.25) is 10.0 Å². The van der Waals surface area contributed by atoms with Gasteiger partial charge < -0.3 is 0 Å². The minimum absolute atomic E-state index is 0.430.